The van der Waals surface area contributed by atoms with E-state index in [1.807, 2.05) is 0 Å². The molecule has 0 aliphatic heterocycles. The van der Waals surface area contributed by atoms with Crippen molar-refractivity contribution in [2.75, 3.05) is 13.2 Å². The second-order valence-corrected chi connectivity index (χ2v) is 7.10. The lowest BCUT2D eigenvalue weighted by Crippen LogP contribution is -2.21. The van der Waals surface area contributed by atoms with Crippen LogP contribution in [0.25, 0.3) is 11.1 Å². The highest BCUT2D eigenvalue weighted by Crippen LogP contribution is 2.39. The van der Waals surface area contributed by atoms with Crippen molar-refractivity contribution in [2.24, 2.45) is 0 Å². The zero-order valence-electron chi connectivity index (χ0n) is 16.3. The van der Waals surface area contributed by atoms with Gasteiger partial charge in [-0.25, -0.2) is 13.2 Å². The van der Waals surface area contributed by atoms with Crippen LogP contribution >= 0.6 is 0 Å². The molecule has 0 unspecified atom stereocenters. The first-order valence-electron chi connectivity index (χ1n) is 9.79. The molecule has 1 aliphatic carbocycles. The van der Waals surface area contributed by atoms with Gasteiger partial charge in [0.1, 0.15) is 0 Å². The highest BCUT2D eigenvalue weighted by molar-refractivity contribution is 5.66. The summed E-state index contributed by atoms with van der Waals surface area (Å²) in [6.45, 7) is 5.88. The first-order chi connectivity index (χ1) is 14.0. The molecule has 29 heavy (non-hydrogen) atoms. The highest BCUT2D eigenvalue weighted by Gasteiger charge is 2.28. The predicted octanol–water partition coefficient (Wildman–Crippen LogP) is 6.54. The molecule has 0 heterocycles. The van der Waals surface area contributed by atoms with E-state index in [0.29, 0.717) is 19.4 Å². The van der Waals surface area contributed by atoms with E-state index in [0.717, 1.165) is 12.8 Å². The van der Waals surface area contributed by atoms with Crippen LogP contribution < -0.4 is 4.74 Å². The zero-order chi connectivity index (χ0) is 21.0. The van der Waals surface area contributed by atoms with Gasteiger partial charge in [-0.05, 0) is 56.2 Å². The van der Waals surface area contributed by atoms with E-state index in [1.54, 1.807) is 13.0 Å². The summed E-state index contributed by atoms with van der Waals surface area (Å²) in [5.74, 6) is -5.06. The first kappa shape index (κ1) is 21.4. The van der Waals surface area contributed by atoms with Crippen molar-refractivity contribution in [1.82, 2.24) is 0 Å². The van der Waals surface area contributed by atoms with Crippen LogP contribution in [0.3, 0.4) is 0 Å². The normalized spacial score (nSPS) is 19.2. The molecule has 0 N–H and O–H groups in total. The minimum absolute atomic E-state index is 0.0948. The van der Waals surface area contributed by atoms with Crippen LogP contribution in [0.2, 0.25) is 0 Å². The molecule has 2 nitrogen and oxygen atoms in total. The van der Waals surface area contributed by atoms with Crippen molar-refractivity contribution in [3.05, 3.63) is 65.8 Å². The minimum Gasteiger partial charge on any atom is -0.491 e. The number of hydrogen-bond donors (Lipinski definition) is 0. The third-order valence-corrected chi connectivity index (χ3v) is 5.31. The van der Waals surface area contributed by atoms with Crippen LogP contribution in [-0.4, -0.2) is 19.3 Å². The maximum absolute atomic E-state index is 14.8. The smallest absolute Gasteiger partial charge is 0.201 e. The highest BCUT2D eigenvalue weighted by atomic mass is 19.2. The number of rotatable bonds is 7. The van der Waals surface area contributed by atoms with Gasteiger partial charge in [-0.2, -0.15) is 4.39 Å². The van der Waals surface area contributed by atoms with E-state index >= 15 is 0 Å². The lowest BCUT2D eigenvalue weighted by atomic mass is 9.82. The van der Waals surface area contributed by atoms with Gasteiger partial charge in [0, 0.05) is 11.1 Å². The molecule has 1 aliphatic rings. The number of hydrogen-bond acceptors (Lipinski definition) is 2. The molecule has 0 atom stereocenters. The van der Waals surface area contributed by atoms with Gasteiger partial charge in [0.2, 0.25) is 5.82 Å². The largest absolute Gasteiger partial charge is 0.491 e. The third kappa shape index (κ3) is 4.47. The van der Waals surface area contributed by atoms with Crippen molar-refractivity contribution in [2.45, 2.75) is 44.6 Å². The standard InChI is InChI=1S/C23H24F4O2/c1-3-13-29-15-7-5-14(6-8-15)16-9-10-17(21(25)20(16)24)18-11-12-19(28-4-2)23(27)22(18)26/h3,9-12,14-15H,1,4-8,13H2,2H3. The van der Waals surface area contributed by atoms with Gasteiger partial charge in [0.15, 0.2) is 23.2 Å². The number of benzene rings is 2. The van der Waals surface area contributed by atoms with Gasteiger partial charge in [0.05, 0.1) is 19.3 Å². The van der Waals surface area contributed by atoms with Crippen molar-refractivity contribution in [1.29, 1.82) is 0 Å². The summed E-state index contributed by atoms with van der Waals surface area (Å²) in [4.78, 5) is 0. The molecule has 6 heteroatoms. The summed E-state index contributed by atoms with van der Waals surface area (Å²) >= 11 is 0. The fourth-order valence-corrected chi connectivity index (χ4v) is 3.84. The molecule has 0 saturated heterocycles. The zero-order valence-corrected chi connectivity index (χ0v) is 16.3. The Hall–Kier alpha value is -2.34. The fraction of sp³-hybridized carbons (Fsp3) is 0.391. The molecular weight excluding hydrogens is 384 g/mol. The summed E-state index contributed by atoms with van der Waals surface area (Å²) in [5.41, 5.74) is -0.385. The van der Waals surface area contributed by atoms with Gasteiger partial charge < -0.3 is 9.47 Å². The van der Waals surface area contributed by atoms with Gasteiger partial charge in [-0.15, -0.1) is 6.58 Å². The van der Waals surface area contributed by atoms with Crippen LogP contribution in [0.5, 0.6) is 5.75 Å². The molecule has 1 fully saturated rings. The summed E-state index contributed by atoms with van der Waals surface area (Å²) < 4.78 is 68.7. The number of ether oxygens (including phenoxy) is 2. The Morgan fingerprint density at radius 1 is 0.897 bits per heavy atom. The molecule has 0 spiro atoms. The Balaban J connectivity index is 1.84. The van der Waals surface area contributed by atoms with E-state index in [4.69, 9.17) is 9.47 Å². The lowest BCUT2D eigenvalue weighted by Gasteiger charge is -2.29. The van der Waals surface area contributed by atoms with Crippen molar-refractivity contribution < 1.29 is 27.0 Å². The van der Waals surface area contributed by atoms with Gasteiger partial charge >= 0.3 is 0 Å². The quantitative estimate of drug-likeness (QED) is 0.383. The molecule has 2 aromatic rings. The Bertz CT molecular complexity index is 874. The lowest BCUT2D eigenvalue weighted by molar-refractivity contribution is 0.0420. The maximum Gasteiger partial charge on any atom is 0.201 e. The Morgan fingerprint density at radius 3 is 2.14 bits per heavy atom. The molecule has 0 radical (unpaired) electrons. The van der Waals surface area contributed by atoms with E-state index in [-0.39, 0.29) is 41.1 Å². The van der Waals surface area contributed by atoms with Crippen LogP contribution in [0.15, 0.2) is 36.9 Å². The summed E-state index contributed by atoms with van der Waals surface area (Å²) in [5, 5.41) is 0. The maximum atomic E-state index is 14.8. The SMILES string of the molecule is C=CCOC1CCC(c2ccc(-c3ccc(OCC)c(F)c3F)c(F)c2F)CC1. The first-order valence-corrected chi connectivity index (χ1v) is 9.79. The molecule has 156 valence electrons. The molecule has 0 bridgehead atoms. The fourth-order valence-electron chi connectivity index (χ4n) is 3.84. The molecule has 1 saturated carbocycles. The third-order valence-electron chi connectivity index (χ3n) is 5.31. The van der Waals surface area contributed by atoms with Crippen molar-refractivity contribution in [3.8, 4) is 16.9 Å². The second-order valence-electron chi connectivity index (χ2n) is 7.10. The average Bonchev–Trinajstić information content (AvgIpc) is 2.73. The van der Waals surface area contributed by atoms with Gasteiger partial charge in [-0.1, -0.05) is 18.2 Å². The predicted molar refractivity (Wildman–Crippen MR) is 104 cm³/mol. The van der Waals surface area contributed by atoms with Gasteiger partial charge in [0.25, 0.3) is 0 Å². The number of halogens is 4. The van der Waals surface area contributed by atoms with E-state index in [2.05, 4.69) is 6.58 Å². The average molecular weight is 408 g/mol. The Kier molecular flexibility index (Phi) is 6.96. The second kappa shape index (κ2) is 9.44. The van der Waals surface area contributed by atoms with E-state index < -0.39 is 23.3 Å². The summed E-state index contributed by atoms with van der Waals surface area (Å²) in [7, 11) is 0. The van der Waals surface area contributed by atoms with Crippen molar-refractivity contribution >= 4 is 0 Å². The van der Waals surface area contributed by atoms with Crippen molar-refractivity contribution in [3.63, 3.8) is 0 Å². The van der Waals surface area contributed by atoms with E-state index in [1.165, 1.54) is 24.3 Å². The molecule has 0 aromatic heterocycles. The molecular formula is C23H24F4O2. The van der Waals surface area contributed by atoms with E-state index in [9.17, 15) is 17.6 Å². The topological polar surface area (TPSA) is 18.5 Å². The van der Waals surface area contributed by atoms with Crippen LogP contribution in [0, 0.1) is 23.3 Å². The summed E-state index contributed by atoms with van der Waals surface area (Å²) in [6, 6.07) is 5.19. The van der Waals surface area contributed by atoms with Crippen LogP contribution in [-0.2, 0) is 4.74 Å². The Labute approximate surface area is 168 Å². The Morgan fingerprint density at radius 2 is 1.52 bits per heavy atom. The minimum atomic E-state index is -1.26. The van der Waals surface area contributed by atoms with Crippen LogP contribution in [0.1, 0.15) is 44.1 Å². The monoisotopic (exact) mass is 408 g/mol. The summed E-state index contributed by atoms with van der Waals surface area (Å²) in [6.07, 6.45) is 4.62. The molecule has 2 aromatic carbocycles. The molecule has 3 rings (SSSR count). The molecule has 0 amide bonds. The van der Waals surface area contributed by atoms with Gasteiger partial charge in [-0.3, -0.25) is 0 Å². The van der Waals surface area contributed by atoms with Crippen LogP contribution in [0.4, 0.5) is 17.6 Å².